The summed E-state index contributed by atoms with van der Waals surface area (Å²) in [4.78, 5) is 14.9. The van der Waals surface area contributed by atoms with E-state index in [1.807, 2.05) is 50.2 Å². The zero-order valence-electron chi connectivity index (χ0n) is 16.7. The van der Waals surface area contributed by atoms with Gasteiger partial charge in [0.2, 0.25) is 0 Å². The molecule has 0 atom stereocenters. The van der Waals surface area contributed by atoms with E-state index in [0.29, 0.717) is 18.1 Å². The molecule has 0 radical (unpaired) electrons. The number of halogens is 1. The number of benzene rings is 3. The zero-order valence-corrected chi connectivity index (χ0v) is 18.8. The molecular weight excluding hydrogens is 495 g/mol. The molecule has 0 unspecified atom stereocenters. The van der Waals surface area contributed by atoms with Gasteiger partial charge in [-0.1, -0.05) is 17.7 Å². The third kappa shape index (κ3) is 5.79. The highest BCUT2D eigenvalue weighted by Crippen LogP contribution is 2.34. The van der Waals surface area contributed by atoms with Crippen LogP contribution in [-0.2, 0) is 6.61 Å². The minimum Gasteiger partial charge on any atom is -0.490 e. The topological polar surface area (TPSA) is 74.0 Å². The van der Waals surface area contributed by atoms with E-state index in [0.717, 1.165) is 20.4 Å². The Morgan fingerprint density at radius 3 is 2.40 bits per heavy atom. The van der Waals surface area contributed by atoms with E-state index >= 15 is 0 Å². The van der Waals surface area contributed by atoms with Crippen LogP contribution < -0.4 is 9.47 Å². The summed E-state index contributed by atoms with van der Waals surface area (Å²) in [5, 5.41) is 10.8. The van der Waals surface area contributed by atoms with Crippen molar-refractivity contribution in [3.63, 3.8) is 0 Å². The number of nitrogens with zero attached hydrogens (tertiary/aromatic N) is 2. The van der Waals surface area contributed by atoms with E-state index in [-0.39, 0.29) is 12.3 Å². The molecule has 0 saturated carbocycles. The van der Waals surface area contributed by atoms with Crippen molar-refractivity contribution in [3.05, 3.63) is 91.0 Å². The average molecular weight is 516 g/mol. The van der Waals surface area contributed by atoms with Crippen LogP contribution in [0, 0.1) is 20.6 Å². The number of ether oxygens (including phenoxy) is 2. The normalized spacial score (nSPS) is 10.9. The van der Waals surface area contributed by atoms with Crippen LogP contribution in [0.25, 0.3) is 0 Å². The number of aryl methyl sites for hydroxylation is 1. The van der Waals surface area contributed by atoms with E-state index in [9.17, 15) is 10.1 Å². The smallest absolute Gasteiger partial charge is 0.269 e. The maximum Gasteiger partial charge on any atom is 0.269 e. The fourth-order valence-corrected chi connectivity index (χ4v) is 3.50. The molecular formula is C23H21IN2O4. The van der Waals surface area contributed by atoms with E-state index in [1.165, 1.54) is 17.7 Å². The molecule has 3 aromatic rings. The number of non-ortho nitro benzene ring substituents is 1. The molecule has 0 aliphatic carbocycles. The Labute approximate surface area is 188 Å². The molecule has 3 rings (SSSR count). The molecule has 0 saturated heterocycles. The Morgan fingerprint density at radius 2 is 1.77 bits per heavy atom. The van der Waals surface area contributed by atoms with Crippen LogP contribution in [-0.4, -0.2) is 17.7 Å². The highest BCUT2D eigenvalue weighted by molar-refractivity contribution is 14.1. The summed E-state index contributed by atoms with van der Waals surface area (Å²) in [6.07, 6.45) is 1.80. The van der Waals surface area contributed by atoms with Gasteiger partial charge in [-0.15, -0.1) is 0 Å². The highest BCUT2D eigenvalue weighted by atomic mass is 127. The molecule has 0 aliphatic heterocycles. The molecule has 0 heterocycles. The van der Waals surface area contributed by atoms with Crippen molar-refractivity contribution in [1.29, 1.82) is 0 Å². The van der Waals surface area contributed by atoms with Gasteiger partial charge >= 0.3 is 0 Å². The van der Waals surface area contributed by atoms with Crippen molar-refractivity contribution >= 4 is 40.2 Å². The molecule has 0 aromatic heterocycles. The Kier molecular flexibility index (Phi) is 7.40. The van der Waals surface area contributed by atoms with Crippen LogP contribution in [0.2, 0.25) is 0 Å². The number of hydrogen-bond donors (Lipinski definition) is 0. The maximum absolute atomic E-state index is 10.8. The van der Waals surface area contributed by atoms with E-state index in [2.05, 4.69) is 27.6 Å². The summed E-state index contributed by atoms with van der Waals surface area (Å²) in [6, 6.07) is 18.2. The van der Waals surface area contributed by atoms with Gasteiger partial charge in [-0.2, -0.15) is 0 Å². The summed E-state index contributed by atoms with van der Waals surface area (Å²) >= 11 is 2.21. The van der Waals surface area contributed by atoms with Crippen LogP contribution in [0.1, 0.15) is 23.6 Å². The predicted molar refractivity (Wildman–Crippen MR) is 126 cm³/mol. The second kappa shape index (κ2) is 10.2. The number of aliphatic imine (C=N–C) groups is 1. The van der Waals surface area contributed by atoms with Gasteiger partial charge in [-0.05, 0) is 84.0 Å². The molecule has 0 N–H and O–H groups in total. The fraction of sp³-hybridized carbons (Fsp3) is 0.174. The molecule has 0 fully saturated rings. The monoisotopic (exact) mass is 516 g/mol. The average Bonchev–Trinajstić information content (AvgIpc) is 2.73. The minimum atomic E-state index is -0.419. The molecule has 6 nitrogen and oxygen atoms in total. The first kappa shape index (κ1) is 21.8. The lowest BCUT2D eigenvalue weighted by Crippen LogP contribution is -2.02. The van der Waals surface area contributed by atoms with Gasteiger partial charge in [0.25, 0.3) is 5.69 Å². The van der Waals surface area contributed by atoms with Crippen LogP contribution in [0.3, 0.4) is 0 Å². The number of rotatable bonds is 8. The largest absolute Gasteiger partial charge is 0.490 e. The van der Waals surface area contributed by atoms with Crippen LogP contribution in [0.4, 0.5) is 11.4 Å². The molecule has 0 spiro atoms. The minimum absolute atomic E-state index is 0.0561. The second-order valence-electron chi connectivity index (χ2n) is 6.57. The first-order valence-electron chi connectivity index (χ1n) is 9.39. The first-order valence-corrected chi connectivity index (χ1v) is 10.5. The van der Waals surface area contributed by atoms with Crippen molar-refractivity contribution in [2.24, 2.45) is 4.99 Å². The Bertz CT molecular complexity index is 1050. The van der Waals surface area contributed by atoms with Gasteiger partial charge < -0.3 is 9.47 Å². The molecule has 0 aliphatic rings. The third-order valence-electron chi connectivity index (χ3n) is 4.26. The van der Waals surface area contributed by atoms with Crippen LogP contribution in [0.15, 0.2) is 65.7 Å². The van der Waals surface area contributed by atoms with E-state index in [4.69, 9.17) is 9.47 Å². The van der Waals surface area contributed by atoms with Gasteiger partial charge in [0, 0.05) is 18.3 Å². The summed E-state index contributed by atoms with van der Waals surface area (Å²) in [5.41, 5.74) is 3.87. The zero-order chi connectivity index (χ0) is 21.5. The van der Waals surface area contributed by atoms with Crippen molar-refractivity contribution in [1.82, 2.24) is 0 Å². The third-order valence-corrected chi connectivity index (χ3v) is 5.06. The lowest BCUT2D eigenvalue weighted by molar-refractivity contribution is -0.384. The van der Waals surface area contributed by atoms with Crippen LogP contribution >= 0.6 is 22.6 Å². The second-order valence-corrected chi connectivity index (χ2v) is 7.73. The van der Waals surface area contributed by atoms with Gasteiger partial charge in [-0.25, -0.2) is 0 Å². The summed E-state index contributed by atoms with van der Waals surface area (Å²) in [6.45, 7) is 4.74. The van der Waals surface area contributed by atoms with Gasteiger partial charge in [-0.3, -0.25) is 15.1 Å². The molecule has 154 valence electrons. The lowest BCUT2D eigenvalue weighted by Gasteiger charge is -2.14. The van der Waals surface area contributed by atoms with E-state index < -0.39 is 4.92 Å². The maximum atomic E-state index is 10.8. The highest BCUT2D eigenvalue weighted by Gasteiger charge is 2.13. The number of hydrogen-bond acceptors (Lipinski definition) is 5. The van der Waals surface area contributed by atoms with Gasteiger partial charge in [0.1, 0.15) is 6.61 Å². The first-order chi connectivity index (χ1) is 14.5. The molecule has 0 amide bonds. The van der Waals surface area contributed by atoms with Gasteiger partial charge in [0.05, 0.1) is 20.8 Å². The van der Waals surface area contributed by atoms with Gasteiger partial charge in [0.15, 0.2) is 11.5 Å². The molecule has 7 heteroatoms. The quantitative estimate of drug-likeness (QED) is 0.154. The van der Waals surface area contributed by atoms with Crippen molar-refractivity contribution in [2.75, 3.05) is 6.61 Å². The standard InChI is InChI=1S/C23H21IN2O4/c1-3-29-22-13-18(14-25-19-8-4-16(2)5-9-19)12-21(24)23(22)30-15-17-6-10-20(11-7-17)26(27)28/h4-14H,3,15H2,1-2H3. The van der Waals surface area contributed by atoms with Crippen molar-refractivity contribution < 1.29 is 14.4 Å². The molecule has 0 bridgehead atoms. The molecule has 3 aromatic carbocycles. The summed E-state index contributed by atoms with van der Waals surface area (Å²) < 4.78 is 12.7. The Hall–Kier alpha value is -2.94. The summed E-state index contributed by atoms with van der Waals surface area (Å²) in [5.74, 6) is 1.28. The lowest BCUT2D eigenvalue weighted by atomic mass is 10.2. The predicted octanol–water partition coefficient (Wildman–Crippen LogP) is 6.24. The van der Waals surface area contributed by atoms with Crippen LogP contribution in [0.5, 0.6) is 11.5 Å². The van der Waals surface area contributed by atoms with Crippen molar-refractivity contribution in [2.45, 2.75) is 20.5 Å². The number of nitro groups is 1. The summed E-state index contributed by atoms with van der Waals surface area (Å²) in [7, 11) is 0. The number of nitro benzene ring substituents is 1. The fourth-order valence-electron chi connectivity index (χ4n) is 2.71. The molecule has 30 heavy (non-hydrogen) atoms. The van der Waals surface area contributed by atoms with E-state index in [1.54, 1.807) is 18.3 Å². The SMILES string of the molecule is CCOc1cc(C=Nc2ccc(C)cc2)cc(I)c1OCc1ccc([N+](=O)[O-])cc1. The Balaban J connectivity index is 1.78. The Morgan fingerprint density at radius 1 is 1.07 bits per heavy atom. The van der Waals surface area contributed by atoms with Crippen molar-refractivity contribution in [3.8, 4) is 11.5 Å².